The molecule has 1 saturated heterocycles. The summed E-state index contributed by atoms with van der Waals surface area (Å²) in [6.07, 6.45) is 0. The van der Waals surface area contributed by atoms with Gasteiger partial charge in [-0.1, -0.05) is 0 Å². The summed E-state index contributed by atoms with van der Waals surface area (Å²) in [7, 11) is 0. The molecule has 1 unspecified atom stereocenters. The highest BCUT2D eigenvalue weighted by atomic mass is 79.9. The summed E-state index contributed by atoms with van der Waals surface area (Å²) in [6, 6.07) is 2.74. The molecule has 2 nitrogen and oxygen atoms in total. The van der Waals surface area contributed by atoms with Gasteiger partial charge in [-0.05, 0) is 28.9 Å². The van der Waals surface area contributed by atoms with E-state index in [1.165, 1.54) is 6.07 Å². The number of nitrogens with zero attached hydrogens (tertiary/aromatic N) is 1. The van der Waals surface area contributed by atoms with Gasteiger partial charge in [-0.3, -0.25) is 0 Å². The minimum absolute atomic E-state index is 0.301. The van der Waals surface area contributed by atoms with E-state index < -0.39 is 11.6 Å². The van der Waals surface area contributed by atoms with Crippen molar-refractivity contribution >= 4 is 21.6 Å². The van der Waals surface area contributed by atoms with E-state index in [0.717, 1.165) is 25.7 Å². The number of hydrogen-bond acceptors (Lipinski definition) is 2. The molecule has 2 rings (SSSR count). The molecule has 1 fully saturated rings. The van der Waals surface area contributed by atoms with Crippen LogP contribution in [-0.2, 0) is 0 Å². The third-order valence-corrected chi connectivity index (χ3v) is 3.31. The third kappa shape index (κ3) is 2.35. The summed E-state index contributed by atoms with van der Waals surface area (Å²) >= 11 is 3.08. The number of hydrogen-bond donors (Lipinski definition) is 1. The average molecular weight is 291 g/mol. The van der Waals surface area contributed by atoms with Gasteiger partial charge in [0.1, 0.15) is 11.6 Å². The van der Waals surface area contributed by atoms with Crippen LogP contribution < -0.4 is 10.2 Å². The second-order valence-electron chi connectivity index (χ2n) is 4.02. The van der Waals surface area contributed by atoms with Crippen LogP contribution in [0.1, 0.15) is 6.92 Å². The first kappa shape index (κ1) is 11.8. The molecule has 16 heavy (non-hydrogen) atoms. The highest BCUT2D eigenvalue weighted by Crippen LogP contribution is 2.27. The molecule has 0 saturated carbocycles. The molecule has 1 heterocycles. The topological polar surface area (TPSA) is 15.3 Å². The highest BCUT2D eigenvalue weighted by Gasteiger charge is 2.19. The molecule has 0 aliphatic carbocycles. The molecule has 0 bridgehead atoms. The molecule has 0 aromatic heterocycles. The van der Waals surface area contributed by atoms with Crippen LogP contribution in [0.3, 0.4) is 0 Å². The van der Waals surface area contributed by atoms with Gasteiger partial charge in [0.05, 0.1) is 10.2 Å². The van der Waals surface area contributed by atoms with Crippen LogP contribution >= 0.6 is 15.9 Å². The molecule has 5 heteroatoms. The molecule has 1 aromatic rings. The Morgan fingerprint density at radius 3 is 2.81 bits per heavy atom. The van der Waals surface area contributed by atoms with Crippen LogP contribution in [0.25, 0.3) is 0 Å². The average Bonchev–Trinajstić information content (AvgIpc) is 2.23. The molecular formula is C11H13BrF2N2. The Kier molecular flexibility index (Phi) is 3.44. The van der Waals surface area contributed by atoms with Gasteiger partial charge in [0, 0.05) is 31.7 Å². The first-order valence-electron chi connectivity index (χ1n) is 5.21. The minimum atomic E-state index is -0.565. The summed E-state index contributed by atoms with van der Waals surface area (Å²) < 4.78 is 27.0. The van der Waals surface area contributed by atoms with Crippen LogP contribution in [0, 0.1) is 11.6 Å². The minimum Gasteiger partial charge on any atom is -0.366 e. The van der Waals surface area contributed by atoms with Crippen LogP contribution in [0.15, 0.2) is 16.6 Å². The fourth-order valence-corrected chi connectivity index (χ4v) is 2.24. The maximum Gasteiger partial charge on any atom is 0.149 e. The van der Waals surface area contributed by atoms with Gasteiger partial charge in [0.2, 0.25) is 0 Å². The molecule has 1 aromatic carbocycles. The Morgan fingerprint density at radius 1 is 1.38 bits per heavy atom. The second kappa shape index (κ2) is 4.67. The molecule has 0 amide bonds. The van der Waals surface area contributed by atoms with Crippen LogP contribution in [-0.4, -0.2) is 25.7 Å². The fourth-order valence-electron chi connectivity index (χ4n) is 1.91. The molecule has 0 spiro atoms. The van der Waals surface area contributed by atoms with Gasteiger partial charge in [0.25, 0.3) is 0 Å². The summed E-state index contributed by atoms with van der Waals surface area (Å²) in [5.41, 5.74) is 0.460. The van der Waals surface area contributed by atoms with Crippen molar-refractivity contribution in [1.82, 2.24) is 5.32 Å². The Bertz CT molecular complexity index is 398. The van der Waals surface area contributed by atoms with Crippen molar-refractivity contribution in [3.63, 3.8) is 0 Å². The van der Waals surface area contributed by atoms with E-state index in [9.17, 15) is 8.78 Å². The van der Waals surface area contributed by atoms with E-state index >= 15 is 0 Å². The zero-order valence-corrected chi connectivity index (χ0v) is 10.5. The molecule has 1 N–H and O–H groups in total. The number of nitrogens with one attached hydrogen (secondary N) is 1. The van der Waals surface area contributed by atoms with Gasteiger partial charge in [-0.2, -0.15) is 0 Å². The Morgan fingerprint density at radius 2 is 2.12 bits per heavy atom. The lowest BCUT2D eigenvalue weighted by molar-refractivity contribution is 0.477. The first-order valence-corrected chi connectivity index (χ1v) is 6.00. The third-order valence-electron chi connectivity index (χ3n) is 2.70. The van der Waals surface area contributed by atoms with Crippen molar-refractivity contribution in [1.29, 1.82) is 0 Å². The van der Waals surface area contributed by atoms with E-state index in [1.54, 1.807) is 0 Å². The number of rotatable bonds is 1. The Hall–Kier alpha value is -0.680. The Labute approximate surface area is 102 Å². The van der Waals surface area contributed by atoms with Crippen LogP contribution in [0.5, 0.6) is 0 Å². The van der Waals surface area contributed by atoms with E-state index in [1.807, 2.05) is 11.8 Å². The monoisotopic (exact) mass is 290 g/mol. The number of benzene rings is 1. The van der Waals surface area contributed by atoms with Crippen molar-refractivity contribution < 1.29 is 8.78 Å². The standard InChI is InChI=1S/C11H13BrF2N2/c1-7-6-16(3-2-15-7)11-4-8(12)9(13)5-10(11)14/h4-5,7,15H,2-3,6H2,1H3. The normalized spacial score (nSPS) is 21.2. The van der Waals surface area contributed by atoms with Gasteiger partial charge in [-0.15, -0.1) is 0 Å². The summed E-state index contributed by atoms with van der Waals surface area (Å²) in [6.45, 7) is 4.33. The maximum absolute atomic E-state index is 13.6. The predicted molar refractivity (Wildman–Crippen MR) is 63.7 cm³/mol. The lowest BCUT2D eigenvalue weighted by atomic mass is 10.2. The lowest BCUT2D eigenvalue weighted by Gasteiger charge is -2.33. The fraction of sp³-hybridized carbons (Fsp3) is 0.455. The van der Waals surface area contributed by atoms with Crippen molar-refractivity contribution in [2.75, 3.05) is 24.5 Å². The molecule has 1 aliphatic heterocycles. The zero-order chi connectivity index (χ0) is 11.7. The largest absolute Gasteiger partial charge is 0.366 e. The van der Waals surface area contributed by atoms with Crippen molar-refractivity contribution in [3.8, 4) is 0 Å². The van der Waals surface area contributed by atoms with Crippen molar-refractivity contribution in [2.45, 2.75) is 13.0 Å². The Balaban J connectivity index is 2.29. The number of anilines is 1. The van der Waals surface area contributed by atoms with E-state index in [0.29, 0.717) is 16.2 Å². The quantitative estimate of drug-likeness (QED) is 0.800. The van der Waals surface area contributed by atoms with Crippen molar-refractivity contribution in [2.24, 2.45) is 0 Å². The van der Waals surface area contributed by atoms with E-state index in [2.05, 4.69) is 21.2 Å². The maximum atomic E-state index is 13.6. The first-order chi connectivity index (χ1) is 7.58. The van der Waals surface area contributed by atoms with Gasteiger partial charge in [0.15, 0.2) is 0 Å². The predicted octanol–water partition coefficient (Wildman–Crippen LogP) is 2.53. The smallest absolute Gasteiger partial charge is 0.149 e. The van der Waals surface area contributed by atoms with Crippen molar-refractivity contribution in [3.05, 3.63) is 28.2 Å². The zero-order valence-electron chi connectivity index (χ0n) is 8.93. The molecular weight excluding hydrogens is 278 g/mol. The van der Waals surface area contributed by atoms with E-state index in [-0.39, 0.29) is 0 Å². The number of piperazine rings is 1. The molecule has 1 aliphatic rings. The lowest BCUT2D eigenvalue weighted by Crippen LogP contribution is -2.49. The molecule has 0 radical (unpaired) electrons. The molecule has 88 valence electrons. The summed E-state index contributed by atoms with van der Waals surface area (Å²) in [5.74, 6) is -1.07. The SMILES string of the molecule is CC1CN(c2cc(Br)c(F)cc2F)CCN1. The van der Waals surface area contributed by atoms with E-state index in [4.69, 9.17) is 0 Å². The number of halogens is 3. The second-order valence-corrected chi connectivity index (χ2v) is 4.87. The summed E-state index contributed by atoms with van der Waals surface area (Å²) in [5, 5.41) is 3.28. The van der Waals surface area contributed by atoms with Crippen LogP contribution in [0.4, 0.5) is 14.5 Å². The van der Waals surface area contributed by atoms with Gasteiger partial charge >= 0.3 is 0 Å². The highest BCUT2D eigenvalue weighted by molar-refractivity contribution is 9.10. The summed E-state index contributed by atoms with van der Waals surface area (Å²) in [4.78, 5) is 1.93. The van der Waals surface area contributed by atoms with Gasteiger partial charge < -0.3 is 10.2 Å². The van der Waals surface area contributed by atoms with Gasteiger partial charge in [-0.25, -0.2) is 8.78 Å². The molecule has 1 atom stereocenters. The van der Waals surface area contributed by atoms with Crippen LogP contribution in [0.2, 0.25) is 0 Å².